The Labute approximate surface area is 109 Å². The fourth-order valence-electron chi connectivity index (χ4n) is 2.62. The van der Waals surface area contributed by atoms with Gasteiger partial charge in [-0.15, -0.1) is 0 Å². The van der Waals surface area contributed by atoms with Gasteiger partial charge in [-0.2, -0.15) is 0 Å². The van der Waals surface area contributed by atoms with Crippen molar-refractivity contribution in [3.05, 3.63) is 0 Å². The average molecular weight is 242 g/mol. The van der Waals surface area contributed by atoms with Crippen LogP contribution in [0.1, 0.15) is 59.8 Å². The van der Waals surface area contributed by atoms with Gasteiger partial charge in [0.15, 0.2) is 0 Å². The molecule has 0 fully saturated rings. The molecule has 0 rings (SSSR count). The minimum Gasteiger partial charge on any atom is -0.316 e. The lowest BCUT2D eigenvalue weighted by Gasteiger charge is -2.34. The summed E-state index contributed by atoms with van der Waals surface area (Å²) in [6.07, 6.45) is 6.62. The molecule has 0 aliphatic heterocycles. The standard InChI is InChI=1S/C15H34N2/c1-6-9-10-12-17(5)14-15(4,11-7-2)13-16-8-3/h16H,6-14H2,1-5H3. The molecule has 1 unspecified atom stereocenters. The van der Waals surface area contributed by atoms with Crippen LogP contribution in [0, 0.1) is 5.41 Å². The predicted octanol–water partition coefficient (Wildman–Crippen LogP) is 3.52. The van der Waals surface area contributed by atoms with Crippen molar-refractivity contribution in [2.24, 2.45) is 5.41 Å². The maximum atomic E-state index is 3.52. The van der Waals surface area contributed by atoms with Gasteiger partial charge in [-0.25, -0.2) is 0 Å². The van der Waals surface area contributed by atoms with Crippen LogP contribution in [0.4, 0.5) is 0 Å². The van der Waals surface area contributed by atoms with Gasteiger partial charge in [0.25, 0.3) is 0 Å². The zero-order chi connectivity index (χ0) is 13.1. The van der Waals surface area contributed by atoms with Crippen LogP contribution < -0.4 is 5.32 Å². The molecule has 0 heterocycles. The van der Waals surface area contributed by atoms with Gasteiger partial charge in [0.1, 0.15) is 0 Å². The van der Waals surface area contributed by atoms with E-state index in [1.54, 1.807) is 0 Å². The van der Waals surface area contributed by atoms with Gasteiger partial charge in [0.05, 0.1) is 0 Å². The zero-order valence-electron chi connectivity index (χ0n) is 12.8. The maximum absolute atomic E-state index is 3.52. The summed E-state index contributed by atoms with van der Waals surface area (Å²) in [7, 11) is 2.27. The van der Waals surface area contributed by atoms with Crippen molar-refractivity contribution in [2.75, 3.05) is 33.2 Å². The van der Waals surface area contributed by atoms with E-state index in [0.29, 0.717) is 5.41 Å². The third-order valence-corrected chi connectivity index (χ3v) is 3.45. The van der Waals surface area contributed by atoms with Gasteiger partial charge in [-0.05, 0) is 38.4 Å². The van der Waals surface area contributed by atoms with Gasteiger partial charge >= 0.3 is 0 Å². The molecule has 0 aromatic heterocycles. The monoisotopic (exact) mass is 242 g/mol. The molecule has 2 heteroatoms. The molecular formula is C15H34N2. The zero-order valence-corrected chi connectivity index (χ0v) is 12.8. The molecule has 0 amide bonds. The Morgan fingerprint density at radius 2 is 1.76 bits per heavy atom. The van der Waals surface area contributed by atoms with E-state index in [9.17, 15) is 0 Å². The van der Waals surface area contributed by atoms with Gasteiger partial charge in [-0.3, -0.25) is 0 Å². The van der Waals surface area contributed by atoms with Crippen molar-refractivity contribution in [1.29, 1.82) is 0 Å². The topological polar surface area (TPSA) is 15.3 Å². The Bertz CT molecular complexity index is 170. The second kappa shape index (κ2) is 9.90. The Hall–Kier alpha value is -0.0800. The van der Waals surface area contributed by atoms with Crippen molar-refractivity contribution >= 4 is 0 Å². The highest BCUT2D eigenvalue weighted by molar-refractivity contribution is 4.79. The lowest BCUT2D eigenvalue weighted by atomic mass is 9.85. The summed E-state index contributed by atoms with van der Waals surface area (Å²) in [4.78, 5) is 2.52. The van der Waals surface area contributed by atoms with Crippen LogP contribution in [-0.4, -0.2) is 38.1 Å². The number of rotatable bonds is 11. The summed E-state index contributed by atoms with van der Waals surface area (Å²) < 4.78 is 0. The lowest BCUT2D eigenvalue weighted by Crippen LogP contribution is -2.41. The highest BCUT2D eigenvalue weighted by Crippen LogP contribution is 2.23. The lowest BCUT2D eigenvalue weighted by molar-refractivity contribution is 0.172. The minimum atomic E-state index is 0.436. The van der Waals surface area contributed by atoms with Crippen molar-refractivity contribution < 1.29 is 0 Å². The first-order valence-corrected chi connectivity index (χ1v) is 7.47. The van der Waals surface area contributed by atoms with Crippen LogP contribution in [0.3, 0.4) is 0 Å². The van der Waals surface area contributed by atoms with Crippen molar-refractivity contribution in [1.82, 2.24) is 10.2 Å². The van der Waals surface area contributed by atoms with Crippen LogP contribution in [0.2, 0.25) is 0 Å². The van der Waals surface area contributed by atoms with Crippen molar-refractivity contribution in [2.45, 2.75) is 59.8 Å². The number of hydrogen-bond donors (Lipinski definition) is 1. The third-order valence-electron chi connectivity index (χ3n) is 3.45. The first-order chi connectivity index (χ1) is 8.08. The Kier molecular flexibility index (Phi) is 9.85. The Balaban J connectivity index is 4.03. The maximum Gasteiger partial charge on any atom is 0.00444 e. The molecule has 1 N–H and O–H groups in total. The van der Waals surface area contributed by atoms with E-state index in [0.717, 1.165) is 13.1 Å². The molecule has 0 aliphatic rings. The fourth-order valence-corrected chi connectivity index (χ4v) is 2.62. The van der Waals surface area contributed by atoms with Crippen LogP contribution >= 0.6 is 0 Å². The molecule has 0 saturated carbocycles. The van der Waals surface area contributed by atoms with E-state index in [1.807, 2.05) is 0 Å². The number of nitrogens with zero attached hydrogens (tertiary/aromatic N) is 1. The Morgan fingerprint density at radius 3 is 2.29 bits per heavy atom. The summed E-state index contributed by atoms with van der Waals surface area (Å²) in [5.74, 6) is 0. The third kappa shape index (κ3) is 8.62. The van der Waals surface area contributed by atoms with Crippen LogP contribution in [0.5, 0.6) is 0 Å². The molecule has 0 aromatic carbocycles. The van der Waals surface area contributed by atoms with Crippen LogP contribution in [-0.2, 0) is 0 Å². The summed E-state index contributed by atoms with van der Waals surface area (Å²) in [5, 5.41) is 3.52. The van der Waals surface area contributed by atoms with Crippen molar-refractivity contribution in [3.63, 3.8) is 0 Å². The van der Waals surface area contributed by atoms with E-state index < -0.39 is 0 Å². The highest BCUT2D eigenvalue weighted by atomic mass is 15.1. The van der Waals surface area contributed by atoms with Gasteiger partial charge in [0.2, 0.25) is 0 Å². The molecule has 104 valence electrons. The van der Waals surface area contributed by atoms with E-state index in [-0.39, 0.29) is 0 Å². The quantitative estimate of drug-likeness (QED) is 0.558. The molecule has 0 aliphatic carbocycles. The number of hydrogen-bond acceptors (Lipinski definition) is 2. The second-order valence-corrected chi connectivity index (χ2v) is 5.79. The molecule has 0 spiro atoms. The van der Waals surface area contributed by atoms with Crippen molar-refractivity contribution in [3.8, 4) is 0 Å². The smallest absolute Gasteiger partial charge is 0.00444 e. The second-order valence-electron chi connectivity index (χ2n) is 5.79. The van der Waals surface area contributed by atoms with Crippen LogP contribution in [0.15, 0.2) is 0 Å². The van der Waals surface area contributed by atoms with Gasteiger partial charge in [-0.1, -0.05) is 47.0 Å². The normalized spacial score (nSPS) is 15.2. The molecule has 0 bridgehead atoms. The van der Waals surface area contributed by atoms with E-state index in [2.05, 4.69) is 45.0 Å². The summed E-state index contributed by atoms with van der Waals surface area (Å²) in [6, 6.07) is 0. The number of unbranched alkanes of at least 4 members (excludes halogenated alkanes) is 2. The van der Waals surface area contributed by atoms with Gasteiger partial charge in [0, 0.05) is 13.1 Å². The molecule has 2 nitrogen and oxygen atoms in total. The molecule has 0 saturated heterocycles. The van der Waals surface area contributed by atoms with Crippen LogP contribution in [0.25, 0.3) is 0 Å². The van der Waals surface area contributed by atoms with E-state index in [4.69, 9.17) is 0 Å². The molecule has 1 atom stereocenters. The molecule has 0 aromatic rings. The summed E-state index contributed by atoms with van der Waals surface area (Å²) in [6.45, 7) is 13.9. The number of nitrogens with one attached hydrogen (secondary N) is 1. The molecule has 0 radical (unpaired) electrons. The van der Waals surface area contributed by atoms with E-state index in [1.165, 1.54) is 45.2 Å². The first-order valence-electron chi connectivity index (χ1n) is 7.47. The predicted molar refractivity (Wildman–Crippen MR) is 78.6 cm³/mol. The SMILES string of the molecule is CCCCCN(C)CC(C)(CCC)CNCC. The minimum absolute atomic E-state index is 0.436. The summed E-state index contributed by atoms with van der Waals surface area (Å²) >= 11 is 0. The highest BCUT2D eigenvalue weighted by Gasteiger charge is 2.24. The first kappa shape index (κ1) is 16.9. The van der Waals surface area contributed by atoms with E-state index >= 15 is 0 Å². The average Bonchev–Trinajstić information content (AvgIpc) is 2.27. The Morgan fingerprint density at radius 1 is 1.06 bits per heavy atom. The fraction of sp³-hybridized carbons (Fsp3) is 1.00. The molecule has 17 heavy (non-hydrogen) atoms. The largest absolute Gasteiger partial charge is 0.316 e. The molecular weight excluding hydrogens is 208 g/mol. The van der Waals surface area contributed by atoms with Gasteiger partial charge < -0.3 is 10.2 Å². The summed E-state index contributed by atoms with van der Waals surface area (Å²) in [5.41, 5.74) is 0.436.